The first-order valence-corrected chi connectivity index (χ1v) is 11.1. The van der Waals surface area contributed by atoms with E-state index in [-0.39, 0.29) is 41.8 Å². The van der Waals surface area contributed by atoms with Gasteiger partial charge in [-0.15, -0.1) is 0 Å². The van der Waals surface area contributed by atoms with Gasteiger partial charge in [0, 0.05) is 11.8 Å². The van der Waals surface area contributed by atoms with Crippen molar-refractivity contribution in [1.82, 2.24) is 15.1 Å². The number of carbonyl (C=O) groups excluding carboxylic acids is 3. The Morgan fingerprint density at radius 1 is 1.15 bits per heavy atom. The highest BCUT2D eigenvalue weighted by molar-refractivity contribution is 6.30. The molecule has 0 saturated carbocycles. The number of nitrogens with zero attached hydrogens (tertiary/aromatic N) is 2. The van der Waals surface area contributed by atoms with Crippen molar-refractivity contribution in [3.05, 3.63) is 64.6 Å². The van der Waals surface area contributed by atoms with Crippen molar-refractivity contribution < 1.29 is 18.8 Å². The van der Waals surface area contributed by atoms with Gasteiger partial charge in [0.25, 0.3) is 5.91 Å². The van der Waals surface area contributed by atoms with Gasteiger partial charge in [0.1, 0.15) is 12.4 Å². The molecule has 0 fully saturated rings. The summed E-state index contributed by atoms with van der Waals surface area (Å²) in [7, 11) is 0. The van der Waals surface area contributed by atoms with Crippen molar-refractivity contribution in [1.29, 1.82) is 0 Å². The van der Waals surface area contributed by atoms with Gasteiger partial charge in [0.2, 0.25) is 5.91 Å². The maximum absolute atomic E-state index is 14.1. The number of benzene rings is 2. The van der Waals surface area contributed by atoms with Crippen LogP contribution in [0.25, 0.3) is 10.9 Å². The first-order chi connectivity index (χ1) is 15.7. The molecule has 0 spiro atoms. The van der Waals surface area contributed by atoms with E-state index in [0.717, 1.165) is 0 Å². The van der Waals surface area contributed by atoms with Crippen LogP contribution in [-0.2, 0) is 22.6 Å². The Bertz CT molecular complexity index is 1190. The number of carbonyl (C=O) groups is 3. The number of ketones is 1. The molecule has 0 aliphatic carbocycles. The number of nitrogens with two attached hydrogens (primary N) is 1. The second-order valence-corrected chi connectivity index (χ2v) is 8.72. The number of aryl methyl sites for hydroxylation is 1. The number of nitrogens with one attached hydrogen (secondary N) is 1. The highest BCUT2D eigenvalue weighted by Crippen LogP contribution is 2.20. The van der Waals surface area contributed by atoms with E-state index in [4.69, 9.17) is 17.3 Å². The molecule has 3 N–H and O–H groups in total. The summed E-state index contributed by atoms with van der Waals surface area (Å²) in [6.07, 6.45) is 0.682. The fourth-order valence-electron chi connectivity index (χ4n) is 3.72. The lowest BCUT2D eigenvalue weighted by Gasteiger charge is -2.20. The molecule has 0 bridgehead atoms. The number of hydrogen-bond acceptors (Lipinski definition) is 4. The highest BCUT2D eigenvalue weighted by atomic mass is 35.5. The average molecular weight is 473 g/mol. The summed E-state index contributed by atoms with van der Waals surface area (Å²) < 4.78 is 15.5. The number of Topliss-reactive ketones (excluding diaryl/α,β-unsaturated/α-hetero) is 1. The van der Waals surface area contributed by atoms with E-state index in [1.54, 1.807) is 36.4 Å². The zero-order valence-electron chi connectivity index (χ0n) is 18.5. The number of aromatic nitrogens is 2. The summed E-state index contributed by atoms with van der Waals surface area (Å²) >= 11 is 5.82. The van der Waals surface area contributed by atoms with Crippen molar-refractivity contribution in [2.24, 2.45) is 11.7 Å². The fraction of sp³-hybridized carbons (Fsp3) is 0.333. The Hall–Kier alpha value is -3.26. The van der Waals surface area contributed by atoms with Crippen molar-refractivity contribution in [3.8, 4) is 0 Å². The zero-order chi connectivity index (χ0) is 24.1. The Labute approximate surface area is 196 Å². The van der Waals surface area contributed by atoms with Crippen LogP contribution in [0.3, 0.4) is 0 Å². The molecule has 0 aliphatic rings. The maximum Gasteiger partial charge on any atom is 0.269 e. The molecule has 1 atom stereocenters. The van der Waals surface area contributed by atoms with Gasteiger partial charge in [-0.25, -0.2) is 4.39 Å². The number of amides is 2. The van der Waals surface area contributed by atoms with E-state index in [9.17, 15) is 18.8 Å². The van der Waals surface area contributed by atoms with E-state index < -0.39 is 23.7 Å². The van der Waals surface area contributed by atoms with Crippen LogP contribution in [0.15, 0.2) is 42.5 Å². The van der Waals surface area contributed by atoms with Gasteiger partial charge in [0.15, 0.2) is 11.5 Å². The Kier molecular flexibility index (Phi) is 7.81. The monoisotopic (exact) mass is 472 g/mol. The first-order valence-electron chi connectivity index (χ1n) is 10.7. The molecule has 3 rings (SSSR count). The predicted octanol–water partition coefficient (Wildman–Crippen LogP) is 3.66. The van der Waals surface area contributed by atoms with Crippen LogP contribution in [0, 0.1) is 11.7 Å². The summed E-state index contributed by atoms with van der Waals surface area (Å²) in [5, 5.41) is 7.51. The van der Waals surface area contributed by atoms with Gasteiger partial charge >= 0.3 is 0 Å². The molecule has 2 aromatic carbocycles. The van der Waals surface area contributed by atoms with Crippen LogP contribution >= 0.6 is 11.6 Å². The van der Waals surface area contributed by atoms with Crippen molar-refractivity contribution >= 4 is 40.1 Å². The molecule has 1 heterocycles. The van der Waals surface area contributed by atoms with Crippen LogP contribution in [0.1, 0.15) is 42.7 Å². The predicted molar refractivity (Wildman–Crippen MR) is 124 cm³/mol. The van der Waals surface area contributed by atoms with Crippen molar-refractivity contribution in [2.45, 2.75) is 45.7 Å². The minimum Gasteiger partial charge on any atom is -0.364 e. The maximum atomic E-state index is 14.1. The fourth-order valence-corrected chi connectivity index (χ4v) is 3.92. The standard InChI is InChI=1S/C24H26ClFN4O3/c1-14(2)12-18(20(31)11-10-15-6-5-8-17(25)22(15)26)28-21(32)13-30-19-9-4-3-7-16(19)23(29-30)24(27)33/h3-9,14,18H,10-13H2,1-2H3,(H2,27,33)(H,28,32)/t18-/m0/s1. The van der Waals surface area contributed by atoms with E-state index in [1.165, 1.54) is 10.7 Å². The minimum absolute atomic E-state index is 0.00811. The molecule has 9 heteroatoms. The van der Waals surface area contributed by atoms with Gasteiger partial charge in [0.05, 0.1) is 16.6 Å². The quantitative estimate of drug-likeness (QED) is 0.469. The minimum atomic E-state index is -0.725. The van der Waals surface area contributed by atoms with E-state index >= 15 is 0 Å². The molecule has 0 radical (unpaired) electrons. The molecule has 1 aromatic heterocycles. The third kappa shape index (κ3) is 5.96. The normalized spacial score (nSPS) is 12.2. The van der Waals surface area contributed by atoms with Crippen LogP contribution in [0.5, 0.6) is 0 Å². The molecular formula is C24H26ClFN4O3. The third-order valence-corrected chi connectivity index (χ3v) is 5.58. The number of primary amides is 1. The van der Waals surface area contributed by atoms with E-state index in [1.807, 2.05) is 13.8 Å². The smallest absolute Gasteiger partial charge is 0.269 e. The van der Waals surface area contributed by atoms with Crippen LogP contribution in [0.2, 0.25) is 5.02 Å². The van der Waals surface area contributed by atoms with Gasteiger partial charge in [-0.3, -0.25) is 19.1 Å². The molecular weight excluding hydrogens is 447 g/mol. The third-order valence-electron chi connectivity index (χ3n) is 5.29. The van der Waals surface area contributed by atoms with Crippen molar-refractivity contribution in [3.63, 3.8) is 0 Å². The van der Waals surface area contributed by atoms with Crippen LogP contribution in [-0.4, -0.2) is 33.4 Å². The first kappa shape index (κ1) is 24.4. The molecule has 0 saturated heterocycles. The van der Waals surface area contributed by atoms with Gasteiger partial charge in [-0.2, -0.15) is 5.10 Å². The second-order valence-electron chi connectivity index (χ2n) is 8.32. The SMILES string of the molecule is CC(C)C[C@H](NC(=O)Cn1nc(C(N)=O)c2ccccc21)C(=O)CCc1cccc(Cl)c1F. The average Bonchev–Trinajstić information content (AvgIpc) is 3.12. The molecule has 7 nitrogen and oxygen atoms in total. The summed E-state index contributed by atoms with van der Waals surface area (Å²) in [5.41, 5.74) is 6.43. The van der Waals surface area contributed by atoms with Crippen LogP contribution < -0.4 is 11.1 Å². The van der Waals surface area contributed by atoms with Crippen molar-refractivity contribution in [2.75, 3.05) is 0 Å². The molecule has 0 aliphatic heterocycles. The van der Waals surface area contributed by atoms with E-state index in [2.05, 4.69) is 10.4 Å². The van der Waals surface area contributed by atoms with Gasteiger partial charge in [-0.1, -0.05) is 55.8 Å². The summed E-state index contributed by atoms with van der Waals surface area (Å²) in [5.74, 6) is -1.69. The topological polar surface area (TPSA) is 107 Å². The number of rotatable bonds is 10. The van der Waals surface area contributed by atoms with Gasteiger partial charge in [-0.05, 0) is 36.5 Å². The van der Waals surface area contributed by atoms with Gasteiger partial charge < -0.3 is 11.1 Å². The summed E-state index contributed by atoms with van der Waals surface area (Å²) in [4.78, 5) is 37.4. The number of halogens is 2. The molecule has 3 aromatic rings. The molecule has 0 unspecified atom stereocenters. The Morgan fingerprint density at radius 3 is 2.58 bits per heavy atom. The summed E-state index contributed by atoms with van der Waals surface area (Å²) in [6.45, 7) is 3.71. The number of fused-ring (bicyclic) bond motifs is 1. The summed E-state index contributed by atoms with van der Waals surface area (Å²) in [6, 6.07) is 10.9. The largest absolute Gasteiger partial charge is 0.364 e. The lowest BCUT2D eigenvalue weighted by molar-refractivity contribution is -0.128. The van der Waals surface area contributed by atoms with E-state index in [0.29, 0.717) is 22.9 Å². The van der Waals surface area contributed by atoms with Crippen LogP contribution in [0.4, 0.5) is 4.39 Å². The lowest BCUT2D eigenvalue weighted by atomic mass is 9.96. The molecule has 2 amide bonds. The Morgan fingerprint density at radius 2 is 1.88 bits per heavy atom. The zero-order valence-corrected chi connectivity index (χ0v) is 19.2. The Balaban J connectivity index is 1.72. The molecule has 174 valence electrons. The number of hydrogen-bond donors (Lipinski definition) is 2. The second kappa shape index (κ2) is 10.6. The highest BCUT2D eigenvalue weighted by Gasteiger charge is 2.23. The lowest BCUT2D eigenvalue weighted by Crippen LogP contribution is -2.43. The molecule has 33 heavy (non-hydrogen) atoms. The number of para-hydroxylation sites is 1.